The van der Waals surface area contributed by atoms with E-state index in [1.54, 1.807) is 27.7 Å². The highest BCUT2D eigenvalue weighted by Gasteiger charge is 2.34. The second kappa shape index (κ2) is 21.1. The van der Waals surface area contributed by atoms with Gasteiger partial charge < -0.3 is 54.2 Å². The molecule has 0 aromatic carbocycles. The number of nitrogens with one attached hydrogen (secondary N) is 6. The molecule has 0 aliphatic carbocycles. The molecule has 13 N–H and O–H groups in total. The molecule has 0 saturated heterocycles. The van der Waals surface area contributed by atoms with E-state index in [0.29, 0.717) is 12.8 Å². The number of carboxylic acids is 1. The van der Waals surface area contributed by atoms with Gasteiger partial charge in [-0.05, 0) is 25.2 Å². The molecule has 0 aromatic heterocycles. The Bertz CT molecular complexity index is 1170. The van der Waals surface area contributed by atoms with Crippen LogP contribution in [0.1, 0.15) is 66.7 Å². The zero-order chi connectivity index (χ0) is 36.4. The minimum atomic E-state index is -1.56. The average molecular weight is 672 g/mol. The second-order valence-corrected chi connectivity index (χ2v) is 11.1. The molecular formula is C28H49N9O10. The number of carboxylic acid groups (broad SMARTS) is 1. The number of hydrogen-bond donors (Lipinski definition) is 10. The summed E-state index contributed by atoms with van der Waals surface area (Å²) in [5.74, 6) is -8.98. The lowest BCUT2D eigenvalue weighted by molar-refractivity contribution is -0.144. The zero-order valence-electron chi connectivity index (χ0n) is 27.3. The first-order valence-electron chi connectivity index (χ1n) is 15.1. The van der Waals surface area contributed by atoms with Crippen molar-refractivity contribution in [3.63, 3.8) is 0 Å². The molecule has 266 valence electrons. The van der Waals surface area contributed by atoms with Crippen molar-refractivity contribution in [1.82, 2.24) is 31.9 Å². The Morgan fingerprint density at radius 2 is 1.17 bits per heavy atom. The van der Waals surface area contributed by atoms with Crippen LogP contribution in [0.2, 0.25) is 0 Å². The molecule has 0 aromatic rings. The Labute approximate surface area is 272 Å². The third-order valence-corrected chi connectivity index (χ3v) is 7.32. The van der Waals surface area contributed by atoms with Gasteiger partial charge in [-0.1, -0.05) is 40.5 Å². The van der Waals surface area contributed by atoms with E-state index < -0.39 is 108 Å². The van der Waals surface area contributed by atoms with E-state index in [9.17, 15) is 48.3 Å². The average Bonchev–Trinajstić information content (AvgIpc) is 3.00. The first-order chi connectivity index (χ1) is 21.9. The van der Waals surface area contributed by atoms with Gasteiger partial charge in [0.25, 0.3) is 0 Å². The van der Waals surface area contributed by atoms with Crippen LogP contribution in [0.15, 0.2) is 0 Å². The van der Waals surface area contributed by atoms with E-state index in [1.165, 1.54) is 6.92 Å². The summed E-state index contributed by atoms with van der Waals surface area (Å²) in [6, 6.07) is -6.76. The van der Waals surface area contributed by atoms with Crippen molar-refractivity contribution in [2.24, 2.45) is 29.0 Å². The van der Waals surface area contributed by atoms with Gasteiger partial charge in [-0.3, -0.25) is 38.4 Å². The second-order valence-electron chi connectivity index (χ2n) is 11.1. The first-order valence-corrected chi connectivity index (χ1v) is 15.1. The lowest BCUT2D eigenvalue weighted by Gasteiger charge is -2.28. The van der Waals surface area contributed by atoms with Gasteiger partial charge in [-0.25, -0.2) is 4.79 Å². The van der Waals surface area contributed by atoms with Crippen LogP contribution in [0.5, 0.6) is 0 Å². The Kier molecular flexibility index (Phi) is 18.9. The molecule has 8 amide bonds. The standard InChI is InChI=1S/C28H49N9O10/c1-6-13(3)22(36-25(43)16(8-9-18(30)38)34-21(41)12-32-20(40)11-29)27(45)33-15(5)24(42)35-17(10-19(31)39)26(44)37-23(28(46)47)14(4)7-2/h13-17,22-23H,6-12,29H2,1-5H3,(H2,30,38)(H2,31,39)(H,32,40)(H,33,45)(H,34,41)(H,35,42)(H,36,43)(H,37,44)(H,46,47). The van der Waals surface area contributed by atoms with Crippen molar-refractivity contribution >= 4 is 53.2 Å². The van der Waals surface area contributed by atoms with E-state index in [4.69, 9.17) is 17.2 Å². The van der Waals surface area contributed by atoms with E-state index >= 15 is 0 Å². The summed E-state index contributed by atoms with van der Waals surface area (Å²) in [6.07, 6.45) is -0.397. The van der Waals surface area contributed by atoms with E-state index in [1.807, 2.05) is 0 Å². The molecule has 0 aliphatic rings. The van der Waals surface area contributed by atoms with Crippen LogP contribution in [-0.4, -0.2) is 102 Å². The summed E-state index contributed by atoms with van der Waals surface area (Å²) in [4.78, 5) is 111. The maximum Gasteiger partial charge on any atom is 0.326 e. The van der Waals surface area contributed by atoms with Crippen molar-refractivity contribution < 1.29 is 48.3 Å². The van der Waals surface area contributed by atoms with Crippen molar-refractivity contribution in [3.8, 4) is 0 Å². The lowest BCUT2D eigenvalue weighted by atomic mass is 9.97. The van der Waals surface area contributed by atoms with Crippen LogP contribution < -0.4 is 49.1 Å². The molecule has 7 unspecified atom stereocenters. The Morgan fingerprint density at radius 3 is 1.66 bits per heavy atom. The van der Waals surface area contributed by atoms with Crippen LogP contribution in [-0.2, 0) is 43.2 Å². The van der Waals surface area contributed by atoms with Gasteiger partial charge in [0, 0.05) is 6.42 Å². The van der Waals surface area contributed by atoms with Gasteiger partial charge in [0.15, 0.2) is 0 Å². The predicted molar refractivity (Wildman–Crippen MR) is 166 cm³/mol. The molecule has 0 aliphatic heterocycles. The van der Waals surface area contributed by atoms with Crippen molar-refractivity contribution in [2.75, 3.05) is 13.1 Å². The van der Waals surface area contributed by atoms with Crippen molar-refractivity contribution in [1.29, 1.82) is 0 Å². The SMILES string of the molecule is CCC(C)C(NC(=O)C(CC(N)=O)NC(=O)C(C)NC(=O)C(NC(=O)C(CCC(N)=O)NC(=O)CNC(=O)CN)C(C)CC)C(=O)O. The van der Waals surface area contributed by atoms with Crippen LogP contribution >= 0.6 is 0 Å². The Balaban J connectivity index is 5.79. The van der Waals surface area contributed by atoms with Gasteiger partial charge in [0.2, 0.25) is 47.3 Å². The topological polar surface area (TPSA) is 324 Å². The van der Waals surface area contributed by atoms with E-state index in [-0.39, 0.29) is 19.4 Å². The predicted octanol–water partition coefficient (Wildman–Crippen LogP) is -4.18. The molecule has 7 atom stereocenters. The normalized spacial score (nSPS) is 15.2. The summed E-state index contributed by atoms with van der Waals surface area (Å²) >= 11 is 0. The fourth-order valence-electron chi connectivity index (χ4n) is 4.02. The highest BCUT2D eigenvalue weighted by molar-refractivity contribution is 5.97. The number of primary amides is 2. The molecular weight excluding hydrogens is 622 g/mol. The van der Waals surface area contributed by atoms with Crippen molar-refractivity contribution in [2.45, 2.75) is 96.9 Å². The van der Waals surface area contributed by atoms with Crippen LogP contribution in [0.4, 0.5) is 0 Å². The number of rotatable bonds is 22. The molecule has 0 spiro atoms. The number of aliphatic carboxylic acids is 1. The largest absolute Gasteiger partial charge is 0.480 e. The highest BCUT2D eigenvalue weighted by Crippen LogP contribution is 2.11. The minimum Gasteiger partial charge on any atom is -0.480 e. The third kappa shape index (κ3) is 15.8. The number of carbonyl (C=O) groups is 9. The maximum atomic E-state index is 13.3. The minimum absolute atomic E-state index is 0.228. The fraction of sp³-hybridized carbons (Fsp3) is 0.679. The molecule has 0 saturated carbocycles. The Hall–Kier alpha value is -4.81. The first kappa shape index (κ1) is 42.2. The number of nitrogens with two attached hydrogens (primary N) is 3. The summed E-state index contributed by atoms with van der Waals surface area (Å²) in [7, 11) is 0. The molecule has 0 radical (unpaired) electrons. The van der Waals surface area contributed by atoms with Crippen molar-refractivity contribution in [3.05, 3.63) is 0 Å². The van der Waals surface area contributed by atoms with Crippen LogP contribution in [0.25, 0.3) is 0 Å². The summed E-state index contributed by atoms with van der Waals surface area (Å²) in [5, 5.41) is 23.6. The number of carbonyl (C=O) groups excluding carboxylic acids is 8. The highest BCUT2D eigenvalue weighted by atomic mass is 16.4. The van der Waals surface area contributed by atoms with E-state index in [2.05, 4.69) is 31.9 Å². The molecule has 0 fully saturated rings. The quantitative estimate of drug-likeness (QED) is 0.0526. The third-order valence-electron chi connectivity index (χ3n) is 7.32. The van der Waals surface area contributed by atoms with Gasteiger partial charge >= 0.3 is 5.97 Å². The van der Waals surface area contributed by atoms with Gasteiger partial charge in [-0.2, -0.15) is 0 Å². The fourth-order valence-corrected chi connectivity index (χ4v) is 4.02. The molecule has 47 heavy (non-hydrogen) atoms. The van der Waals surface area contributed by atoms with E-state index in [0.717, 1.165) is 0 Å². The summed E-state index contributed by atoms with van der Waals surface area (Å²) in [6.45, 7) is 7.07. The lowest BCUT2D eigenvalue weighted by Crippen LogP contribution is -2.60. The summed E-state index contributed by atoms with van der Waals surface area (Å²) < 4.78 is 0. The van der Waals surface area contributed by atoms with Gasteiger partial charge in [-0.15, -0.1) is 0 Å². The molecule has 19 nitrogen and oxygen atoms in total. The van der Waals surface area contributed by atoms with Crippen LogP contribution in [0.3, 0.4) is 0 Å². The maximum absolute atomic E-state index is 13.3. The van der Waals surface area contributed by atoms with Gasteiger partial charge in [0.1, 0.15) is 30.2 Å². The smallest absolute Gasteiger partial charge is 0.326 e. The molecule has 0 heterocycles. The number of amides is 8. The summed E-state index contributed by atoms with van der Waals surface area (Å²) in [5.41, 5.74) is 15.6. The Morgan fingerprint density at radius 1 is 0.638 bits per heavy atom. The zero-order valence-corrected chi connectivity index (χ0v) is 27.3. The molecule has 0 bridgehead atoms. The molecule has 19 heteroatoms. The van der Waals surface area contributed by atoms with Gasteiger partial charge in [0.05, 0.1) is 19.5 Å². The van der Waals surface area contributed by atoms with Crippen LogP contribution in [0, 0.1) is 11.8 Å². The monoisotopic (exact) mass is 671 g/mol. The molecule has 0 rings (SSSR count). The number of hydrogen-bond acceptors (Lipinski definition) is 10.